The lowest BCUT2D eigenvalue weighted by molar-refractivity contribution is 0.328. The Kier molecular flexibility index (Phi) is 3.45. The molecule has 2 aliphatic rings. The fourth-order valence-corrected chi connectivity index (χ4v) is 5.34. The zero-order chi connectivity index (χ0) is 12.8. The third-order valence-corrected chi connectivity index (χ3v) is 6.47. The van der Waals surface area contributed by atoms with Crippen LogP contribution in [0.5, 0.6) is 0 Å². The molecule has 0 bridgehead atoms. The quantitative estimate of drug-likeness (QED) is 0.910. The first kappa shape index (κ1) is 12.9. The summed E-state index contributed by atoms with van der Waals surface area (Å²) in [5.74, 6) is 1.80. The van der Waals surface area contributed by atoms with Gasteiger partial charge in [0.25, 0.3) is 0 Å². The topological polar surface area (TPSA) is 24.9 Å². The van der Waals surface area contributed by atoms with Crippen molar-refractivity contribution in [1.82, 2.24) is 10.3 Å². The fraction of sp³-hybridized carbons (Fsp3) is 0.786. The molecule has 0 radical (unpaired) electrons. The Balaban J connectivity index is 1.91. The van der Waals surface area contributed by atoms with Gasteiger partial charge in [0.05, 0.1) is 11.2 Å². The Bertz CT molecular complexity index is 425. The number of nitrogens with one attached hydrogen (secondary N) is 1. The van der Waals surface area contributed by atoms with Gasteiger partial charge in [-0.2, -0.15) is 11.8 Å². The first-order valence-corrected chi connectivity index (χ1v) is 8.90. The summed E-state index contributed by atoms with van der Waals surface area (Å²) >= 11 is 3.95. The van der Waals surface area contributed by atoms with Crippen molar-refractivity contribution in [2.24, 2.45) is 0 Å². The smallest absolute Gasteiger partial charge is 0.114 e. The average Bonchev–Trinajstić information content (AvgIpc) is 2.87. The summed E-state index contributed by atoms with van der Waals surface area (Å²) in [6, 6.07) is 0.748. The molecule has 2 unspecified atom stereocenters. The molecule has 2 atom stereocenters. The van der Waals surface area contributed by atoms with Gasteiger partial charge in [-0.3, -0.25) is 0 Å². The third-order valence-electron chi connectivity index (χ3n) is 4.09. The molecule has 3 rings (SSSR count). The Hall–Kier alpha value is -0.0600. The van der Waals surface area contributed by atoms with Crippen LogP contribution in [-0.2, 0) is 5.54 Å². The lowest BCUT2D eigenvalue weighted by Crippen LogP contribution is -2.47. The van der Waals surface area contributed by atoms with E-state index in [9.17, 15) is 0 Å². The van der Waals surface area contributed by atoms with E-state index in [0.717, 1.165) is 6.04 Å². The van der Waals surface area contributed by atoms with Crippen molar-refractivity contribution in [2.75, 3.05) is 5.75 Å². The van der Waals surface area contributed by atoms with Crippen molar-refractivity contribution in [1.29, 1.82) is 0 Å². The Labute approximate surface area is 118 Å². The van der Waals surface area contributed by atoms with Crippen LogP contribution in [-0.4, -0.2) is 22.0 Å². The second-order valence-corrected chi connectivity index (χ2v) is 8.19. The van der Waals surface area contributed by atoms with E-state index in [2.05, 4.69) is 43.2 Å². The summed E-state index contributed by atoms with van der Waals surface area (Å²) in [4.78, 5) is 4.94. The van der Waals surface area contributed by atoms with Gasteiger partial charge in [0.15, 0.2) is 0 Å². The van der Waals surface area contributed by atoms with Gasteiger partial charge in [0.1, 0.15) is 5.01 Å². The zero-order valence-corrected chi connectivity index (χ0v) is 13.0. The summed E-state index contributed by atoms with van der Waals surface area (Å²) < 4.78 is 0. The Morgan fingerprint density at radius 1 is 1.44 bits per heavy atom. The predicted octanol–water partition coefficient (Wildman–Crippen LogP) is 3.74. The standard InChI is InChI=1S/C14H22N2S2/c1-9(2)12-8-18-13(15-12)14(16-11-4-5-11)6-7-17-10(14)3/h8-11,16H,4-7H2,1-3H3. The summed E-state index contributed by atoms with van der Waals surface area (Å²) in [5.41, 5.74) is 1.42. The van der Waals surface area contributed by atoms with Crippen molar-refractivity contribution in [3.8, 4) is 0 Å². The molecule has 100 valence electrons. The first-order chi connectivity index (χ1) is 8.62. The second-order valence-electron chi connectivity index (χ2n) is 5.89. The maximum absolute atomic E-state index is 4.94. The van der Waals surface area contributed by atoms with Crippen molar-refractivity contribution >= 4 is 23.1 Å². The highest BCUT2D eigenvalue weighted by atomic mass is 32.2. The molecule has 1 saturated carbocycles. The van der Waals surface area contributed by atoms with Crippen LogP contribution in [0.15, 0.2) is 5.38 Å². The van der Waals surface area contributed by atoms with E-state index >= 15 is 0 Å². The highest BCUT2D eigenvalue weighted by Crippen LogP contribution is 2.46. The maximum atomic E-state index is 4.94. The van der Waals surface area contributed by atoms with Gasteiger partial charge < -0.3 is 5.32 Å². The van der Waals surface area contributed by atoms with Gasteiger partial charge in [-0.1, -0.05) is 20.8 Å². The summed E-state index contributed by atoms with van der Waals surface area (Å²) in [6.45, 7) is 6.82. The monoisotopic (exact) mass is 282 g/mol. The van der Waals surface area contributed by atoms with Crippen LogP contribution in [0, 0.1) is 0 Å². The molecular weight excluding hydrogens is 260 g/mol. The van der Waals surface area contributed by atoms with Crippen molar-refractivity contribution in [3.63, 3.8) is 0 Å². The number of hydrogen-bond donors (Lipinski definition) is 1. The lowest BCUT2D eigenvalue weighted by Gasteiger charge is -2.32. The van der Waals surface area contributed by atoms with Crippen LogP contribution in [0.25, 0.3) is 0 Å². The zero-order valence-electron chi connectivity index (χ0n) is 11.4. The number of nitrogens with zero attached hydrogens (tertiary/aromatic N) is 1. The SMILES string of the molecule is CC(C)c1csc(C2(NC3CC3)CCSC2C)n1. The van der Waals surface area contributed by atoms with Gasteiger partial charge in [-0.15, -0.1) is 11.3 Å². The fourth-order valence-electron chi connectivity index (χ4n) is 2.62. The first-order valence-electron chi connectivity index (χ1n) is 6.97. The molecule has 0 amide bonds. The highest BCUT2D eigenvalue weighted by molar-refractivity contribution is 8.00. The molecule has 1 aliphatic carbocycles. The van der Waals surface area contributed by atoms with Crippen LogP contribution in [0.2, 0.25) is 0 Å². The van der Waals surface area contributed by atoms with Crippen LogP contribution in [0.4, 0.5) is 0 Å². The molecule has 18 heavy (non-hydrogen) atoms. The molecule has 1 aliphatic heterocycles. The third kappa shape index (κ3) is 2.23. The minimum atomic E-state index is 0.156. The molecule has 4 heteroatoms. The van der Waals surface area contributed by atoms with Crippen LogP contribution in [0.1, 0.15) is 56.7 Å². The minimum absolute atomic E-state index is 0.156. The Morgan fingerprint density at radius 2 is 2.22 bits per heavy atom. The highest BCUT2D eigenvalue weighted by Gasteiger charge is 2.47. The normalized spacial score (nSPS) is 32.3. The molecule has 2 heterocycles. The Morgan fingerprint density at radius 3 is 2.72 bits per heavy atom. The minimum Gasteiger partial charge on any atom is -0.302 e. The van der Waals surface area contributed by atoms with Gasteiger partial charge in [-0.05, 0) is 30.9 Å². The average molecular weight is 282 g/mol. The largest absolute Gasteiger partial charge is 0.302 e. The summed E-state index contributed by atoms with van der Waals surface area (Å²) in [6.07, 6.45) is 3.93. The van der Waals surface area contributed by atoms with Gasteiger partial charge in [-0.25, -0.2) is 4.98 Å². The molecule has 1 saturated heterocycles. The van der Waals surface area contributed by atoms with Crippen LogP contribution >= 0.6 is 23.1 Å². The summed E-state index contributed by atoms with van der Waals surface area (Å²) in [7, 11) is 0. The van der Waals surface area contributed by atoms with Crippen molar-refractivity contribution < 1.29 is 0 Å². The number of thiazole rings is 1. The number of thioether (sulfide) groups is 1. The maximum Gasteiger partial charge on any atom is 0.114 e. The summed E-state index contributed by atoms with van der Waals surface area (Å²) in [5, 5.41) is 8.14. The molecule has 2 fully saturated rings. The van der Waals surface area contributed by atoms with Gasteiger partial charge in [0.2, 0.25) is 0 Å². The predicted molar refractivity (Wildman–Crippen MR) is 80.6 cm³/mol. The molecular formula is C14H22N2S2. The molecule has 1 N–H and O–H groups in total. The number of aromatic nitrogens is 1. The number of hydrogen-bond acceptors (Lipinski definition) is 4. The lowest BCUT2D eigenvalue weighted by atomic mass is 9.93. The van der Waals surface area contributed by atoms with E-state index in [1.54, 1.807) is 0 Å². The van der Waals surface area contributed by atoms with Crippen molar-refractivity contribution in [3.05, 3.63) is 16.1 Å². The van der Waals surface area contributed by atoms with Crippen molar-refractivity contribution in [2.45, 2.75) is 62.8 Å². The van der Waals surface area contributed by atoms with E-state index in [1.165, 1.54) is 35.7 Å². The molecule has 1 aromatic heterocycles. The molecule has 0 aromatic carbocycles. The van der Waals surface area contributed by atoms with E-state index in [4.69, 9.17) is 4.98 Å². The van der Waals surface area contributed by atoms with E-state index in [1.807, 2.05) is 11.3 Å². The van der Waals surface area contributed by atoms with E-state index in [0.29, 0.717) is 11.2 Å². The van der Waals surface area contributed by atoms with Crippen LogP contribution < -0.4 is 5.32 Å². The molecule has 2 nitrogen and oxygen atoms in total. The van der Waals surface area contributed by atoms with Crippen LogP contribution in [0.3, 0.4) is 0 Å². The molecule has 1 aromatic rings. The van der Waals surface area contributed by atoms with Gasteiger partial charge >= 0.3 is 0 Å². The van der Waals surface area contributed by atoms with E-state index in [-0.39, 0.29) is 5.54 Å². The number of rotatable bonds is 4. The van der Waals surface area contributed by atoms with Gasteiger partial charge in [0, 0.05) is 16.7 Å². The van der Waals surface area contributed by atoms with E-state index < -0.39 is 0 Å². The molecule has 0 spiro atoms. The second kappa shape index (κ2) is 4.80.